The van der Waals surface area contributed by atoms with E-state index in [1.807, 2.05) is 13.0 Å². The average molecular weight is 581 g/mol. The fourth-order valence-electron chi connectivity index (χ4n) is 6.39. The zero-order valence-corrected chi connectivity index (χ0v) is 26.6. The molecular weight excluding hydrogens is 516 g/mol. The van der Waals surface area contributed by atoms with Gasteiger partial charge in [0.05, 0.1) is 30.5 Å². The van der Waals surface area contributed by atoms with Crippen molar-refractivity contribution in [2.75, 3.05) is 0 Å². The standard InChI is InChI=1S/C35H64O6/c1-3-4-5-6-7-8-13-18-23-31(37)33-25-26-34(41-33)32(38)24-19-14-17-22-30(36)21-16-12-10-9-11-15-20-29-27-28(2)40-35(29)39/h27-28,30-34,36-38H,3-26H2,1-2H3/t28-,30+,31+,32+,33+,34+/m0/s1. The van der Waals surface area contributed by atoms with Gasteiger partial charge in [0.15, 0.2) is 0 Å². The van der Waals surface area contributed by atoms with E-state index in [4.69, 9.17) is 9.47 Å². The molecule has 41 heavy (non-hydrogen) atoms. The third kappa shape index (κ3) is 16.5. The number of ether oxygens (including phenoxy) is 2. The van der Waals surface area contributed by atoms with Gasteiger partial charge in [0, 0.05) is 5.57 Å². The van der Waals surface area contributed by atoms with Gasteiger partial charge >= 0.3 is 5.97 Å². The van der Waals surface area contributed by atoms with Crippen LogP contribution in [-0.2, 0) is 14.3 Å². The zero-order chi connectivity index (χ0) is 29.7. The maximum absolute atomic E-state index is 11.6. The Morgan fingerprint density at radius 3 is 1.61 bits per heavy atom. The van der Waals surface area contributed by atoms with Gasteiger partial charge in [-0.1, -0.05) is 110 Å². The summed E-state index contributed by atoms with van der Waals surface area (Å²) in [6, 6.07) is 0. The molecule has 0 aliphatic carbocycles. The Morgan fingerprint density at radius 1 is 0.683 bits per heavy atom. The van der Waals surface area contributed by atoms with Crippen molar-refractivity contribution in [3.63, 3.8) is 0 Å². The van der Waals surface area contributed by atoms with Crippen LogP contribution in [0, 0.1) is 0 Å². The van der Waals surface area contributed by atoms with Crippen molar-refractivity contribution in [1.82, 2.24) is 0 Å². The predicted octanol–water partition coefficient (Wildman–Crippen LogP) is 8.09. The zero-order valence-electron chi connectivity index (χ0n) is 26.6. The molecule has 6 heteroatoms. The minimum Gasteiger partial charge on any atom is -0.455 e. The molecule has 0 aromatic rings. The Hall–Kier alpha value is -0.950. The molecule has 0 amide bonds. The van der Waals surface area contributed by atoms with Crippen LogP contribution < -0.4 is 0 Å². The highest BCUT2D eigenvalue weighted by Gasteiger charge is 2.34. The van der Waals surface area contributed by atoms with E-state index in [9.17, 15) is 20.1 Å². The van der Waals surface area contributed by atoms with E-state index in [1.165, 1.54) is 57.8 Å². The summed E-state index contributed by atoms with van der Waals surface area (Å²) in [7, 11) is 0. The summed E-state index contributed by atoms with van der Waals surface area (Å²) < 4.78 is 11.2. The first kappa shape index (κ1) is 36.2. The first-order valence-corrected chi connectivity index (χ1v) is 17.5. The molecule has 0 saturated carbocycles. The lowest BCUT2D eigenvalue weighted by molar-refractivity contribution is -0.139. The molecule has 2 rings (SSSR count). The Bertz CT molecular complexity index is 694. The van der Waals surface area contributed by atoms with Crippen LogP contribution in [0.3, 0.4) is 0 Å². The van der Waals surface area contributed by atoms with Crippen LogP contribution >= 0.6 is 0 Å². The van der Waals surface area contributed by atoms with Gasteiger partial charge in [0.25, 0.3) is 0 Å². The molecule has 240 valence electrons. The maximum Gasteiger partial charge on any atom is 0.334 e. The molecule has 1 saturated heterocycles. The van der Waals surface area contributed by atoms with Gasteiger partial charge < -0.3 is 24.8 Å². The van der Waals surface area contributed by atoms with Crippen molar-refractivity contribution in [1.29, 1.82) is 0 Å². The van der Waals surface area contributed by atoms with Crippen molar-refractivity contribution in [2.45, 2.75) is 205 Å². The van der Waals surface area contributed by atoms with Crippen molar-refractivity contribution in [3.05, 3.63) is 11.6 Å². The van der Waals surface area contributed by atoms with Crippen LogP contribution in [0.25, 0.3) is 0 Å². The molecule has 3 N–H and O–H groups in total. The van der Waals surface area contributed by atoms with E-state index in [2.05, 4.69) is 6.92 Å². The quantitative estimate of drug-likeness (QED) is 0.0707. The van der Waals surface area contributed by atoms with Gasteiger partial charge in [-0.3, -0.25) is 0 Å². The Kier molecular flexibility index (Phi) is 20.0. The van der Waals surface area contributed by atoms with Crippen LogP contribution in [0.1, 0.15) is 168 Å². The molecule has 0 bridgehead atoms. The second-order valence-electron chi connectivity index (χ2n) is 12.9. The molecule has 0 aromatic heterocycles. The third-order valence-electron chi connectivity index (χ3n) is 9.06. The van der Waals surface area contributed by atoms with E-state index < -0.39 is 12.2 Å². The van der Waals surface area contributed by atoms with Crippen molar-refractivity contribution < 1.29 is 29.6 Å². The number of hydrogen-bond donors (Lipinski definition) is 3. The molecule has 6 nitrogen and oxygen atoms in total. The van der Waals surface area contributed by atoms with E-state index in [1.54, 1.807) is 0 Å². The van der Waals surface area contributed by atoms with Crippen molar-refractivity contribution in [2.24, 2.45) is 0 Å². The summed E-state index contributed by atoms with van der Waals surface area (Å²) in [5.41, 5.74) is 0.843. The number of rotatable bonds is 26. The number of esters is 1. The Labute approximate surface area is 251 Å². The highest BCUT2D eigenvalue weighted by Crippen LogP contribution is 2.28. The molecule has 0 unspecified atom stereocenters. The van der Waals surface area contributed by atoms with Gasteiger partial charge in [-0.05, 0) is 64.4 Å². The topological polar surface area (TPSA) is 96.2 Å². The maximum atomic E-state index is 11.6. The summed E-state index contributed by atoms with van der Waals surface area (Å²) in [5, 5.41) is 31.5. The number of hydrogen-bond acceptors (Lipinski definition) is 6. The number of carbonyl (C=O) groups excluding carboxylic acids is 1. The van der Waals surface area contributed by atoms with Crippen LogP contribution in [0.5, 0.6) is 0 Å². The smallest absolute Gasteiger partial charge is 0.334 e. The fraction of sp³-hybridized carbons (Fsp3) is 0.914. The van der Waals surface area contributed by atoms with Gasteiger partial charge in [0.2, 0.25) is 0 Å². The number of aliphatic hydroxyl groups is 3. The Morgan fingerprint density at radius 2 is 1.12 bits per heavy atom. The lowest BCUT2D eigenvalue weighted by atomic mass is 9.99. The van der Waals surface area contributed by atoms with Crippen molar-refractivity contribution >= 4 is 5.97 Å². The highest BCUT2D eigenvalue weighted by atomic mass is 16.5. The van der Waals surface area contributed by atoms with Gasteiger partial charge in [-0.15, -0.1) is 0 Å². The first-order chi connectivity index (χ1) is 19.9. The lowest BCUT2D eigenvalue weighted by Gasteiger charge is -2.22. The number of carbonyl (C=O) groups is 1. The SMILES string of the molecule is CCCCCCCCCC[C@@H](O)[C@H]1CC[C@H]([C@H](O)CCCCC[C@H](O)CCCCCCCCC2=C[C@H](C)OC2=O)O1. The van der Waals surface area contributed by atoms with E-state index in [0.29, 0.717) is 0 Å². The Balaban J connectivity index is 1.37. The molecule has 2 aliphatic rings. The summed E-state index contributed by atoms with van der Waals surface area (Å²) in [6.45, 7) is 4.15. The van der Waals surface area contributed by atoms with Crippen LogP contribution in [0.4, 0.5) is 0 Å². The molecule has 2 heterocycles. The largest absolute Gasteiger partial charge is 0.455 e. The second-order valence-corrected chi connectivity index (χ2v) is 12.9. The average Bonchev–Trinajstić information content (AvgIpc) is 3.57. The van der Waals surface area contributed by atoms with Crippen LogP contribution in [0.2, 0.25) is 0 Å². The fourth-order valence-corrected chi connectivity index (χ4v) is 6.39. The normalized spacial score (nSPS) is 23.0. The number of unbranched alkanes of at least 4 members (excludes halogenated alkanes) is 14. The molecular formula is C35H64O6. The monoisotopic (exact) mass is 580 g/mol. The molecule has 0 radical (unpaired) electrons. The van der Waals surface area contributed by atoms with Gasteiger partial charge in [-0.2, -0.15) is 0 Å². The second kappa shape index (κ2) is 22.6. The van der Waals surface area contributed by atoms with Gasteiger partial charge in [0.1, 0.15) is 6.10 Å². The molecule has 1 fully saturated rings. The molecule has 0 spiro atoms. The lowest BCUT2D eigenvalue weighted by Crippen LogP contribution is -2.31. The highest BCUT2D eigenvalue weighted by molar-refractivity contribution is 5.90. The van der Waals surface area contributed by atoms with E-state index in [0.717, 1.165) is 102 Å². The van der Waals surface area contributed by atoms with Crippen LogP contribution in [0.15, 0.2) is 11.6 Å². The van der Waals surface area contributed by atoms with Crippen LogP contribution in [-0.4, -0.2) is 57.9 Å². The summed E-state index contributed by atoms with van der Waals surface area (Å²) in [5.74, 6) is -0.140. The number of aliphatic hydroxyl groups excluding tert-OH is 3. The summed E-state index contributed by atoms with van der Waals surface area (Å²) in [4.78, 5) is 11.6. The first-order valence-electron chi connectivity index (χ1n) is 17.5. The molecule has 2 aliphatic heterocycles. The minimum atomic E-state index is -0.451. The summed E-state index contributed by atoms with van der Waals surface area (Å²) in [6.07, 6.45) is 26.2. The predicted molar refractivity (Wildman–Crippen MR) is 167 cm³/mol. The minimum absolute atomic E-state index is 0.0649. The summed E-state index contributed by atoms with van der Waals surface area (Å²) >= 11 is 0. The third-order valence-corrected chi connectivity index (χ3v) is 9.06. The van der Waals surface area contributed by atoms with Crippen molar-refractivity contribution in [3.8, 4) is 0 Å². The van der Waals surface area contributed by atoms with Gasteiger partial charge in [-0.25, -0.2) is 4.79 Å². The number of cyclic esters (lactones) is 1. The molecule has 6 atom stereocenters. The molecule has 0 aromatic carbocycles. The van der Waals surface area contributed by atoms with E-state index in [-0.39, 0.29) is 30.4 Å². The van der Waals surface area contributed by atoms with E-state index >= 15 is 0 Å².